The summed E-state index contributed by atoms with van der Waals surface area (Å²) < 4.78 is 28.9. The molecule has 142 valence electrons. The number of halogens is 2. The molecule has 2 N–H and O–H groups in total. The van der Waals surface area contributed by atoms with Gasteiger partial charge in [-0.1, -0.05) is 29.3 Å². The third kappa shape index (κ3) is 5.91. The van der Waals surface area contributed by atoms with Crippen molar-refractivity contribution in [1.29, 1.82) is 0 Å². The SMILES string of the molecule is CCOC(OCC)P(=O)(O)C[C@H]1CN[C@@H](c2ccc(Cl)c(Cl)c2)CO1. The fourth-order valence-corrected chi connectivity index (χ4v) is 4.69. The van der Waals surface area contributed by atoms with Crippen molar-refractivity contribution < 1.29 is 23.7 Å². The van der Waals surface area contributed by atoms with Gasteiger partial charge in [0.1, 0.15) is 0 Å². The zero-order valence-electron chi connectivity index (χ0n) is 14.3. The average molecular weight is 412 g/mol. The average Bonchev–Trinajstić information content (AvgIpc) is 2.57. The normalized spacial score (nSPS) is 23.6. The van der Waals surface area contributed by atoms with E-state index in [-0.39, 0.29) is 12.2 Å². The van der Waals surface area contributed by atoms with Gasteiger partial charge in [0.15, 0.2) is 0 Å². The molecule has 1 saturated heterocycles. The minimum absolute atomic E-state index is 0.0290. The molecule has 0 aromatic heterocycles. The molecule has 0 saturated carbocycles. The molecule has 0 amide bonds. The quantitative estimate of drug-likeness (QED) is 0.502. The largest absolute Gasteiger partial charge is 0.374 e. The minimum Gasteiger partial charge on any atom is -0.374 e. The lowest BCUT2D eigenvalue weighted by Crippen LogP contribution is -2.43. The highest BCUT2D eigenvalue weighted by molar-refractivity contribution is 7.58. The Bertz CT molecular complexity index is 604. The van der Waals surface area contributed by atoms with Crippen molar-refractivity contribution in [3.05, 3.63) is 33.8 Å². The topological polar surface area (TPSA) is 77.0 Å². The van der Waals surface area contributed by atoms with Crippen LogP contribution in [0.1, 0.15) is 25.5 Å². The van der Waals surface area contributed by atoms with Gasteiger partial charge in [-0.3, -0.25) is 4.57 Å². The van der Waals surface area contributed by atoms with E-state index in [1.165, 1.54) is 0 Å². The Hall–Kier alpha value is -0.170. The van der Waals surface area contributed by atoms with Crippen molar-refractivity contribution in [3.8, 4) is 0 Å². The molecule has 25 heavy (non-hydrogen) atoms. The lowest BCUT2D eigenvalue weighted by atomic mass is 10.1. The summed E-state index contributed by atoms with van der Waals surface area (Å²) in [7, 11) is -3.66. The van der Waals surface area contributed by atoms with Gasteiger partial charge < -0.3 is 24.4 Å². The third-order valence-electron chi connectivity index (χ3n) is 3.85. The first kappa shape index (κ1) is 21.1. The van der Waals surface area contributed by atoms with Gasteiger partial charge in [0.25, 0.3) is 7.37 Å². The van der Waals surface area contributed by atoms with Crippen LogP contribution < -0.4 is 5.32 Å². The molecule has 1 aliphatic rings. The van der Waals surface area contributed by atoms with Crippen LogP contribution in [0.2, 0.25) is 10.0 Å². The Morgan fingerprint density at radius 1 is 1.32 bits per heavy atom. The first-order valence-electron chi connectivity index (χ1n) is 8.22. The van der Waals surface area contributed by atoms with Crippen molar-refractivity contribution in [3.63, 3.8) is 0 Å². The summed E-state index contributed by atoms with van der Waals surface area (Å²) in [5.41, 5.74) is 0.960. The molecule has 0 aliphatic carbocycles. The van der Waals surface area contributed by atoms with Gasteiger partial charge in [0.05, 0.1) is 35.0 Å². The summed E-state index contributed by atoms with van der Waals surface area (Å²) >= 11 is 12.0. The Kier molecular flexibility index (Phi) is 8.18. The van der Waals surface area contributed by atoms with Crippen LogP contribution >= 0.6 is 30.6 Å². The Morgan fingerprint density at radius 2 is 2.00 bits per heavy atom. The molecule has 1 heterocycles. The lowest BCUT2D eigenvalue weighted by Gasteiger charge is -2.33. The Labute approximate surface area is 158 Å². The van der Waals surface area contributed by atoms with Crippen molar-refractivity contribution in [1.82, 2.24) is 5.32 Å². The molecule has 1 aromatic rings. The predicted octanol–water partition coefficient (Wildman–Crippen LogP) is 3.65. The van der Waals surface area contributed by atoms with Crippen molar-refractivity contribution in [2.24, 2.45) is 0 Å². The number of morpholine rings is 1. The van der Waals surface area contributed by atoms with Crippen LogP contribution in [0, 0.1) is 0 Å². The summed E-state index contributed by atoms with van der Waals surface area (Å²) in [5, 5.41) is 4.30. The number of hydrogen-bond acceptors (Lipinski definition) is 5. The van der Waals surface area contributed by atoms with Gasteiger partial charge in [-0.15, -0.1) is 0 Å². The minimum atomic E-state index is -3.66. The highest BCUT2D eigenvalue weighted by Gasteiger charge is 2.37. The summed E-state index contributed by atoms with van der Waals surface area (Å²) in [6, 6.07) is 4.26. The van der Waals surface area contributed by atoms with E-state index < -0.39 is 19.5 Å². The molecule has 3 atom stereocenters. The molecule has 0 spiro atoms. The number of benzene rings is 1. The molecule has 6 nitrogen and oxygen atoms in total. The van der Waals surface area contributed by atoms with Crippen LogP contribution in [0.4, 0.5) is 0 Å². The predicted molar refractivity (Wildman–Crippen MR) is 98.7 cm³/mol. The van der Waals surface area contributed by atoms with Crippen LogP contribution in [0.5, 0.6) is 0 Å². The van der Waals surface area contributed by atoms with E-state index in [1.807, 2.05) is 6.07 Å². The van der Waals surface area contributed by atoms with E-state index in [4.69, 9.17) is 37.4 Å². The van der Waals surface area contributed by atoms with E-state index in [0.717, 1.165) is 5.56 Å². The number of hydrogen-bond donors (Lipinski definition) is 2. The molecule has 1 aliphatic heterocycles. The highest BCUT2D eigenvalue weighted by Crippen LogP contribution is 2.48. The van der Waals surface area contributed by atoms with Crippen LogP contribution in [0.25, 0.3) is 0 Å². The smallest absolute Gasteiger partial charge is 0.257 e. The maximum atomic E-state index is 12.6. The zero-order chi connectivity index (χ0) is 18.4. The van der Waals surface area contributed by atoms with Gasteiger partial charge in [-0.2, -0.15) is 0 Å². The van der Waals surface area contributed by atoms with E-state index in [0.29, 0.717) is 36.4 Å². The molecule has 1 unspecified atom stereocenters. The Balaban J connectivity index is 1.92. The molecule has 0 radical (unpaired) electrons. The second kappa shape index (κ2) is 9.67. The molecule has 0 bridgehead atoms. The van der Waals surface area contributed by atoms with Gasteiger partial charge in [0.2, 0.25) is 6.03 Å². The van der Waals surface area contributed by atoms with Gasteiger partial charge in [0, 0.05) is 19.8 Å². The number of ether oxygens (including phenoxy) is 3. The van der Waals surface area contributed by atoms with Crippen molar-refractivity contribution >= 4 is 30.6 Å². The maximum Gasteiger partial charge on any atom is 0.257 e. The third-order valence-corrected chi connectivity index (χ3v) is 6.48. The maximum absolute atomic E-state index is 12.6. The zero-order valence-corrected chi connectivity index (χ0v) is 16.7. The number of rotatable bonds is 8. The second-order valence-corrected chi connectivity index (χ2v) is 8.86. The summed E-state index contributed by atoms with van der Waals surface area (Å²) in [6.45, 7) is 4.94. The fraction of sp³-hybridized carbons (Fsp3) is 0.625. The van der Waals surface area contributed by atoms with Crippen LogP contribution in [-0.4, -0.2) is 49.6 Å². The fourth-order valence-electron chi connectivity index (χ4n) is 2.63. The van der Waals surface area contributed by atoms with E-state index in [9.17, 15) is 9.46 Å². The van der Waals surface area contributed by atoms with E-state index >= 15 is 0 Å². The first-order chi connectivity index (χ1) is 11.9. The first-order valence-corrected chi connectivity index (χ1v) is 10.9. The molecular weight excluding hydrogens is 388 g/mol. The lowest BCUT2D eigenvalue weighted by molar-refractivity contribution is -0.0884. The molecular formula is C16H24Cl2NO5P. The van der Waals surface area contributed by atoms with E-state index in [1.54, 1.807) is 26.0 Å². The van der Waals surface area contributed by atoms with Crippen molar-refractivity contribution in [2.75, 3.05) is 32.5 Å². The van der Waals surface area contributed by atoms with E-state index in [2.05, 4.69) is 5.32 Å². The van der Waals surface area contributed by atoms with Crippen LogP contribution in [0.15, 0.2) is 18.2 Å². The summed E-state index contributed by atoms with van der Waals surface area (Å²) in [6.07, 6.45) is -0.420. The highest BCUT2D eigenvalue weighted by atomic mass is 35.5. The molecule has 9 heteroatoms. The van der Waals surface area contributed by atoms with Gasteiger partial charge in [-0.25, -0.2) is 0 Å². The van der Waals surface area contributed by atoms with Crippen LogP contribution in [-0.2, 0) is 18.8 Å². The monoisotopic (exact) mass is 411 g/mol. The van der Waals surface area contributed by atoms with Gasteiger partial charge in [-0.05, 0) is 31.5 Å². The molecule has 1 aromatic carbocycles. The second-order valence-electron chi connectivity index (χ2n) is 5.75. The number of nitrogens with one attached hydrogen (secondary N) is 1. The summed E-state index contributed by atoms with van der Waals surface area (Å²) in [5.74, 6) is 0. The van der Waals surface area contributed by atoms with Gasteiger partial charge >= 0.3 is 0 Å². The summed E-state index contributed by atoms with van der Waals surface area (Å²) in [4.78, 5) is 10.3. The van der Waals surface area contributed by atoms with Crippen LogP contribution in [0.3, 0.4) is 0 Å². The van der Waals surface area contributed by atoms with Crippen molar-refractivity contribution in [2.45, 2.75) is 32.0 Å². The standard InChI is InChI=1S/C16H24Cl2NO5P/c1-3-22-16(23-4-2)25(20,21)10-12-8-19-15(9-24-12)11-5-6-13(17)14(18)7-11/h5-7,12,15-16,19H,3-4,8-10H2,1-2H3,(H,20,21)/t12-,15-/m1/s1. The molecule has 1 fully saturated rings. The Morgan fingerprint density at radius 3 is 2.52 bits per heavy atom. The molecule has 2 rings (SSSR count).